The molecule has 0 atom stereocenters. The molecule has 0 saturated carbocycles. The van der Waals surface area contributed by atoms with Gasteiger partial charge in [-0.15, -0.1) is 0 Å². The Hall–Kier alpha value is -7.16. The Balaban J connectivity index is 1.08. The van der Waals surface area contributed by atoms with Gasteiger partial charge >= 0.3 is 0 Å². The number of hydrogen-bond acceptors (Lipinski definition) is 1. The fourth-order valence-electron chi connectivity index (χ4n) is 11.0. The molecule has 286 valence electrons. The van der Waals surface area contributed by atoms with Crippen LogP contribution >= 0.6 is 0 Å². The third-order valence-electron chi connectivity index (χ3n) is 13.7. The lowest BCUT2D eigenvalue weighted by Crippen LogP contribution is -2.21. The number of nitrogens with zero attached hydrogens (tertiary/aromatic N) is 2. The summed E-state index contributed by atoms with van der Waals surface area (Å²) >= 11 is 0. The monoisotopic (exact) mass is 768 g/mol. The number of anilines is 3. The van der Waals surface area contributed by atoms with Crippen LogP contribution in [0.5, 0.6) is 0 Å². The third-order valence-corrected chi connectivity index (χ3v) is 13.7. The maximum atomic E-state index is 2.56. The smallest absolute Gasteiger partial charge is 0.0543 e. The lowest BCUT2D eigenvalue weighted by molar-refractivity contribution is 0.659. The van der Waals surface area contributed by atoms with Gasteiger partial charge in [-0.1, -0.05) is 173 Å². The van der Waals surface area contributed by atoms with Crippen molar-refractivity contribution in [3.05, 3.63) is 216 Å². The van der Waals surface area contributed by atoms with Gasteiger partial charge in [0.05, 0.1) is 22.4 Å². The maximum Gasteiger partial charge on any atom is 0.0543 e. The molecule has 0 unspecified atom stereocenters. The van der Waals surface area contributed by atoms with Crippen LogP contribution in [-0.4, -0.2) is 4.57 Å². The standard InChI is InChI=1S/C58H44N2/c1-57(2)49-25-12-8-22-46(49)55-50(57)26-16-29-53(55)59(54-30-15-23-45-42-19-7-11-24-48(42)58(3,4)56(45)54)39-33-31-37(32-34-39)47-36-40(35-38-17-5-6-18-41(38)47)60-51-27-13-9-20-43(51)44-21-10-14-28-52(44)60/h5-36H,1-4H3. The van der Waals surface area contributed by atoms with E-state index in [-0.39, 0.29) is 10.8 Å². The van der Waals surface area contributed by atoms with Crippen LogP contribution in [0.4, 0.5) is 17.1 Å². The van der Waals surface area contributed by atoms with Crippen molar-refractivity contribution in [2.75, 3.05) is 4.90 Å². The van der Waals surface area contributed by atoms with Crippen molar-refractivity contribution in [1.29, 1.82) is 0 Å². The first kappa shape index (κ1) is 34.8. The highest BCUT2D eigenvalue weighted by atomic mass is 15.1. The molecule has 12 rings (SSSR count). The van der Waals surface area contributed by atoms with E-state index in [1.54, 1.807) is 0 Å². The summed E-state index contributed by atoms with van der Waals surface area (Å²) in [5.41, 5.74) is 20.0. The zero-order valence-corrected chi connectivity index (χ0v) is 34.4. The molecule has 2 nitrogen and oxygen atoms in total. The minimum absolute atomic E-state index is 0.117. The summed E-state index contributed by atoms with van der Waals surface area (Å²) in [5.74, 6) is 0. The highest BCUT2D eigenvalue weighted by Crippen LogP contribution is 2.58. The number of hydrogen-bond donors (Lipinski definition) is 0. The van der Waals surface area contributed by atoms with Gasteiger partial charge in [-0.2, -0.15) is 0 Å². The lowest BCUT2D eigenvalue weighted by Gasteiger charge is -2.33. The number of rotatable bonds is 5. The van der Waals surface area contributed by atoms with Gasteiger partial charge in [-0.3, -0.25) is 0 Å². The van der Waals surface area contributed by atoms with E-state index in [9.17, 15) is 0 Å². The number of benzene rings is 9. The van der Waals surface area contributed by atoms with E-state index in [1.165, 1.54) is 99.6 Å². The van der Waals surface area contributed by atoms with Gasteiger partial charge in [-0.25, -0.2) is 0 Å². The highest BCUT2D eigenvalue weighted by molar-refractivity contribution is 6.10. The summed E-state index contributed by atoms with van der Waals surface area (Å²) in [6.45, 7) is 9.54. The number of para-hydroxylation sites is 2. The minimum Gasteiger partial charge on any atom is -0.310 e. The Kier molecular flexibility index (Phi) is 7.36. The second-order valence-corrected chi connectivity index (χ2v) is 17.7. The largest absolute Gasteiger partial charge is 0.310 e. The molecule has 0 spiro atoms. The maximum absolute atomic E-state index is 2.56. The molecule has 0 aliphatic heterocycles. The summed E-state index contributed by atoms with van der Waals surface area (Å²) in [6, 6.07) is 72.3. The summed E-state index contributed by atoms with van der Waals surface area (Å²) in [6.07, 6.45) is 0. The third kappa shape index (κ3) is 4.82. The molecule has 2 aliphatic carbocycles. The second-order valence-electron chi connectivity index (χ2n) is 17.7. The summed E-state index contributed by atoms with van der Waals surface area (Å²) in [7, 11) is 0. The van der Waals surface area contributed by atoms with Crippen LogP contribution in [0.3, 0.4) is 0 Å². The van der Waals surface area contributed by atoms with E-state index in [4.69, 9.17) is 0 Å². The zero-order chi connectivity index (χ0) is 40.3. The van der Waals surface area contributed by atoms with E-state index in [2.05, 4.69) is 231 Å². The lowest BCUT2D eigenvalue weighted by atomic mass is 9.81. The first-order chi connectivity index (χ1) is 29.3. The molecule has 0 fully saturated rings. The molecule has 10 aromatic rings. The summed E-state index contributed by atoms with van der Waals surface area (Å²) in [4.78, 5) is 2.56. The Morgan fingerprint density at radius 3 is 1.68 bits per heavy atom. The molecule has 0 radical (unpaired) electrons. The summed E-state index contributed by atoms with van der Waals surface area (Å²) < 4.78 is 2.43. The Bertz CT molecular complexity index is 3320. The van der Waals surface area contributed by atoms with Crippen LogP contribution in [0.25, 0.3) is 71.6 Å². The van der Waals surface area contributed by atoms with Gasteiger partial charge in [0.2, 0.25) is 0 Å². The van der Waals surface area contributed by atoms with Crippen molar-refractivity contribution in [3.63, 3.8) is 0 Å². The predicted octanol–water partition coefficient (Wildman–Crippen LogP) is 15.7. The number of aromatic nitrogens is 1. The van der Waals surface area contributed by atoms with Crippen molar-refractivity contribution in [1.82, 2.24) is 4.57 Å². The number of fused-ring (bicyclic) bond motifs is 10. The summed E-state index contributed by atoms with van der Waals surface area (Å²) in [5, 5.41) is 5.00. The van der Waals surface area contributed by atoms with Gasteiger partial charge in [0.1, 0.15) is 0 Å². The molecule has 0 bridgehead atoms. The van der Waals surface area contributed by atoms with Crippen molar-refractivity contribution < 1.29 is 0 Å². The molecule has 0 N–H and O–H groups in total. The molecule has 2 aliphatic rings. The highest BCUT2D eigenvalue weighted by Gasteiger charge is 2.41. The first-order valence-electron chi connectivity index (χ1n) is 21.2. The molecule has 1 heterocycles. The van der Waals surface area contributed by atoms with Crippen LogP contribution in [-0.2, 0) is 10.8 Å². The molecule has 0 amide bonds. The minimum atomic E-state index is -0.192. The molecular formula is C58H44N2. The van der Waals surface area contributed by atoms with Gasteiger partial charge in [-0.05, 0) is 109 Å². The normalized spacial score (nSPS) is 14.3. The molecule has 60 heavy (non-hydrogen) atoms. The van der Waals surface area contributed by atoms with E-state index in [0.29, 0.717) is 0 Å². The van der Waals surface area contributed by atoms with E-state index in [0.717, 1.165) is 11.4 Å². The second kappa shape index (κ2) is 12.7. The molecular weight excluding hydrogens is 725 g/mol. The van der Waals surface area contributed by atoms with E-state index < -0.39 is 0 Å². The fourth-order valence-corrected chi connectivity index (χ4v) is 11.0. The van der Waals surface area contributed by atoms with Crippen LogP contribution < -0.4 is 4.90 Å². The van der Waals surface area contributed by atoms with Crippen LogP contribution in [0.15, 0.2) is 194 Å². The van der Waals surface area contributed by atoms with Crippen molar-refractivity contribution in [2.24, 2.45) is 0 Å². The Labute approximate surface area is 351 Å². The van der Waals surface area contributed by atoms with Gasteiger partial charge < -0.3 is 9.47 Å². The van der Waals surface area contributed by atoms with Crippen LogP contribution in [0, 0.1) is 0 Å². The van der Waals surface area contributed by atoms with Crippen molar-refractivity contribution >= 4 is 49.6 Å². The SMILES string of the molecule is CC1(C)c2ccccc2-c2c(N(c3ccc(-c4cc(-n5c6ccccc6c6ccccc65)cc5ccccc45)cc3)c3cccc4c3C(C)(C)c3ccccc3-4)cccc21. The van der Waals surface area contributed by atoms with Gasteiger partial charge in [0, 0.05) is 38.5 Å². The van der Waals surface area contributed by atoms with E-state index in [1.807, 2.05) is 0 Å². The zero-order valence-electron chi connectivity index (χ0n) is 34.4. The first-order valence-corrected chi connectivity index (χ1v) is 21.2. The Morgan fingerprint density at radius 1 is 0.400 bits per heavy atom. The molecule has 2 heteroatoms. The van der Waals surface area contributed by atoms with Crippen LogP contribution in [0.2, 0.25) is 0 Å². The average Bonchev–Trinajstić information content (AvgIpc) is 3.84. The van der Waals surface area contributed by atoms with Gasteiger partial charge in [0.25, 0.3) is 0 Å². The van der Waals surface area contributed by atoms with Gasteiger partial charge in [0.15, 0.2) is 0 Å². The average molecular weight is 769 g/mol. The van der Waals surface area contributed by atoms with Crippen LogP contribution in [0.1, 0.15) is 49.9 Å². The fraction of sp³-hybridized carbons (Fsp3) is 0.103. The quantitative estimate of drug-likeness (QED) is 0.169. The molecule has 1 aromatic heterocycles. The van der Waals surface area contributed by atoms with E-state index >= 15 is 0 Å². The van der Waals surface area contributed by atoms with Crippen molar-refractivity contribution in [2.45, 2.75) is 38.5 Å². The topological polar surface area (TPSA) is 8.17 Å². The predicted molar refractivity (Wildman–Crippen MR) is 254 cm³/mol. The molecule has 0 saturated heterocycles. The van der Waals surface area contributed by atoms with Crippen molar-refractivity contribution in [3.8, 4) is 39.1 Å². The Morgan fingerprint density at radius 2 is 0.950 bits per heavy atom. The molecule has 9 aromatic carbocycles.